The van der Waals surface area contributed by atoms with Gasteiger partial charge in [0, 0.05) is 19.6 Å². The molecule has 0 bridgehead atoms. The number of amides is 1. The summed E-state index contributed by atoms with van der Waals surface area (Å²) in [5.41, 5.74) is 3.25. The monoisotopic (exact) mass is 354 g/mol. The summed E-state index contributed by atoms with van der Waals surface area (Å²) in [6.45, 7) is 5.40. The van der Waals surface area contributed by atoms with E-state index in [0.717, 1.165) is 12.1 Å². The summed E-state index contributed by atoms with van der Waals surface area (Å²) in [5, 5.41) is 14.6. The highest BCUT2D eigenvalue weighted by Gasteiger charge is 2.21. The standard InChI is InChI=1S/C17H22N8O/c1-11-8-15-18-17(19-16(26)13-9-23(3)22-20-13)21-25(15)10-14(11)24-7-5-4-6-12(24)2/h8-10,12H,4-7H2,1-3H3,(H,19,21,26). The summed E-state index contributed by atoms with van der Waals surface area (Å²) in [4.78, 5) is 19.0. The molecule has 1 aliphatic rings. The number of carbonyl (C=O) groups is 1. The summed E-state index contributed by atoms with van der Waals surface area (Å²) >= 11 is 0. The van der Waals surface area contributed by atoms with Gasteiger partial charge >= 0.3 is 0 Å². The van der Waals surface area contributed by atoms with Crippen LogP contribution >= 0.6 is 0 Å². The predicted octanol–water partition coefficient (Wildman–Crippen LogP) is 1.80. The average molecular weight is 354 g/mol. The summed E-state index contributed by atoms with van der Waals surface area (Å²) < 4.78 is 3.19. The number of aromatic nitrogens is 6. The second-order valence-corrected chi connectivity index (χ2v) is 6.85. The SMILES string of the molecule is Cc1cc2nc(NC(=O)c3cn(C)nn3)nn2cc1N1CCCCC1C. The molecule has 9 heteroatoms. The summed E-state index contributed by atoms with van der Waals surface area (Å²) in [6, 6.07) is 2.51. The van der Waals surface area contributed by atoms with Crippen molar-refractivity contribution in [3.63, 3.8) is 0 Å². The molecule has 0 spiro atoms. The zero-order valence-corrected chi connectivity index (χ0v) is 15.2. The maximum atomic E-state index is 12.2. The van der Waals surface area contributed by atoms with Crippen molar-refractivity contribution in [2.24, 2.45) is 7.05 Å². The van der Waals surface area contributed by atoms with Gasteiger partial charge in [0.25, 0.3) is 5.91 Å². The molecule has 1 N–H and O–H groups in total. The van der Waals surface area contributed by atoms with Gasteiger partial charge in [0.05, 0.1) is 18.1 Å². The number of hydrogen-bond acceptors (Lipinski definition) is 6. The fraction of sp³-hybridized carbons (Fsp3) is 0.471. The van der Waals surface area contributed by atoms with Crippen molar-refractivity contribution < 1.29 is 4.79 Å². The maximum absolute atomic E-state index is 12.2. The highest BCUT2D eigenvalue weighted by atomic mass is 16.2. The Bertz CT molecular complexity index is 959. The molecule has 3 aromatic heterocycles. The summed E-state index contributed by atoms with van der Waals surface area (Å²) in [5.74, 6) is -0.125. The van der Waals surface area contributed by atoms with Gasteiger partial charge in [-0.05, 0) is 44.7 Å². The molecule has 136 valence electrons. The van der Waals surface area contributed by atoms with Crippen molar-refractivity contribution >= 4 is 23.2 Å². The second-order valence-electron chi connectivity index (χ2n) is 6.85. The van der Waals surface area contributed by atoms with Gasteiger partial charge in [0.15, 0.2) is 11.3 Å². The lowest BCUT2D eigenvalue weighted by Crippen LogP contribution is -2.38. The Hall–Kier alpha value is -2.97. The van der Waals surface area contributed by atoms with Gasteiger partial charge < -0.3 is 4.90 Å². The predicted molar refractivity (Wildman–Crippen MR) is 97.3 cm³/mol. The van der Waals surface area contributed by atoms with Crippen LogP contribution in [0.2, 0.25) is 0 Å². The lowest BCUT2D eigenvalue weighted by Gasteiger charge is -2.36. The molecule has 1 atom stereocenters. The highest BCUT2D eigenvalue weighted by Crippen LogP contribution is 2.28. The normalized spacial score (nSPS) is 17.7. The quantitative estimate of drug-likeness (QED) is 0.771. The molecule has 0 radical (unpaired) electrons. The van der Waals surface area contributed by atoms with E-state index in [2.05, 4.69) is 44.5 Å². The number of nitrogens with zero attached hydrogens (tertiary/aromatic N) is 7. The molecule has 0 aliphatic carbocycles. The Balaban J connectivity index is 1.62. The number of rotatable bonds is 3. The largest absolute Gasteiger partial charge is 0.367 e. The van der Waals surface area contributed by atoms with Gasteiger partial charge in [0.1, 0.15) is 0 Å². The number of hydrogen-bond donors (Lipinski definition) is 1. The number of aryl methyl sites for hydroxylation is 2. The Kier molecular flexibility index (Phi) is 4.06. The third kappa shape index (κ3) is 3.00. The average Bonchev–Trinajstić information content (AvgIpc) is 3.20. The maximum Gasteiger partial charge on any atom is 0.280 e. The van der Waals surface area contributed by atoms with Crippen LogP contribution in [0.15, 0.2) is 18.5 Å². The minimum absolute atomic E-state index is 0.227. The van der Waals surface area contributed by atoms with E-state index in [0.29, 0.717) is 11.7 Å². The van der Waals surface area contributed by atoms with Gasteiger partial charge in [-0.25, -0.2) is 4.52 Å². The minimum atomic E-state index is -0.379. The van der Waals surface area contributed by atoms with E-state index in [1.807, 2.05) is 12.3 Å². The Morgan fingerprint density at radius 3 is 2.88 bits per heavy atom. The Morgan fingerprint density at radius 2 is 2.15 bits per heavy atom. The number of pyridine rings is 1. The van der Waals surface area contributed by atoms with Crippen molar-refractivity contribution in [3.8, 4) is 0 Å². The van der Waals surface area contributed by atoms with Crippen LogP contribution in [0.3, 0.4) is 0 Å². The van der Waals surface area contributed by atoms with Crippen LogP contribution in [0.25, 0.3) is 5.65 Å². The van der Waals surface area contributed by atoms with E-state index in [4.69, 9.17) is 0 Å². The zero-order valence-electron chi connectivity index (χ0n) is 15.2. The van der Waals surface area contributed by atoms with Crippen LogP contribution in [-0.2, 0) is 7.05 Å². The van der Waals surface area contributed by atoms with Crippen molar-refractivity contribution in [2.75, 3.05) is 16.8 Å². The van der Waals surface area contributed by atoms with E-state index < -0.39 is 0 Å². The lowest BCUT2D eigenvalue weighted by molar-refractivity contribution is 0.102. The molecule has 0 aromatic carbocycles. The van der Waals surface area contributed by atoms with E-state index in [9.17, 15) is 4.79 Å². The third-order valence-electron chi connectivity index (χ3n) is 4.82. The first-order valence-electron chi connectivity index (χ1n) is 8.82. The molecule has 1 amide bonds. The van der Waals surface area contributed by atoms with Gasteiger partial charge in [-0.3, -0.25) is 14.8 Å². The van der Waals surface area contributed by atoms with Crippen LogP contribution < -0.4 is 10.2 Å². The smallest absolute Gasteiger partial charge is 0.280 e. The molecule has 1 saturated heterocycles. The lowest BCUT2D eigenvalue weighted by atomic mass is 10.0. The second kappa shape index (κ2) is 6.40. The summed E-state index contributed by atoms with van der Waals surface area (Å²) in [6.07, 6.45) is 7.23. The topological polar surface area (TPSA) is 93.2 Å². The van der Waals surface area contributed by atoms with Crippen molar-refractivity contribution in [1.82, 2.24) is 29.6 Å². The van der Waals surface area contributed by atoms with Gasteiger partial charge in [-0.1, -0.05) is 5.21 Å². The molecule has 1 fully saturated rings. The van der Waals surface area contributed by atoms with Crippen molar-refractivity contribution in [1.29, 1.82) is 0 Å². The molecule has 4 rings (SSSR count). The Labute approximate surface area is 151 Å². The third-order valence-corrected chi connectivity index (χ3v) is 4.82. The molecular formula is C17H22N8O. The molecule has 1 aliphatic heterocycles. The van der Waals surface area contributed by atoms with E-state index in [1.165, 1.54) is 29.6 Å². The van der Waals surface area contributed by atoms with Crippen molar-refractivity contribution in [2.45, 2.75) is 39.2 Å². The number of fused-ring (bicyclic) bond motifs is 1. The molecule has 0 saturated carbocycles. The number of piperidine rings is 1. The van der Waals surface area contributed by atoms with Crippen LogP contribution in [0.4, 0.5) is 11.6 Å². The molecule has 9 nitrogen and oxygen atoms in total. The molecule has 3 aromatic rings. The first-order valence-corrected chi connectivity index (χ1v) is 8.82. The van der Waals surface area contributed by atoms with Gasteiger partial charge in [-0.15, -0.1) is 10.2 Å². The molecule has 1 unspecified atom stereocenters. The fourth-order valence-corrected chi connectivity index (χ4v) is 3.44. The zero-order chi connectivity index (χ0) is 18.3. The fourth-order valence-electron chi connectivity index (χ4n) is 3.44. The van der Waals surface area contributed by atoms with Crippen LogP contribution in [0.5, 0.6) is 0 Å². The van der Waals surface area contributed by atoms with Crippen LogP contribution in [-0.4, -0.2) is 48.1 Å². The first-order chi connectivity index (χ1) is 12.5. The van der Waals surface area contributed by atoms with Gasteiger partial charge in [0.2, 0.25) is 5.95 Å². The minimum Gasteiger partial charge on any atom is -0.367 e. The number of nitrogens with one attached hydrogen (secondary N) is 1. The number of anilines is 2. The molecule has 4 heterocycles. The Morgan fingerprint density at radius 1 is 1.31 bits per heavy atom. The summed E-state index contributed by atoms with van der Waals surface area (Å²) in [7, 11) is 1.71. The van der Waals surface area contributed by atoms with Crippen molar-refractivity contribution in [3.05, 3.63) is 29.7 Å². The highest BCUT2D eigenvalue weighted by molar-refractivity contribution is 6.01. The van der Waals surface area contributed by atoms with E-state index in [-0.39, 0.29) is 17.5 Å². The van der Waals surface area contributed by atoms with Gasteiger partial charge in [-0.2, -0.15) is 4.98 Å². The van der Waals surface area contributed by atoms with Crippen LogP contribution in [0, 0.1) is 6.92 Å². The molecular weight excluding hydrogens is 332 g/mol. The molecule has 26 heavy (non-hydrogen) atoms. The van der Waals surface area contributed by atoms with E-state index >= 15 is 0 Å². The first kappa shape index (κ1) is 16.5. The van der Waals surface area contributed by atoms with E-state index in [1.54, 1.807) is 17.8 Å². The number of carbonyl (C=O) groups excluding carboxylic acids is 1. The van der Waals surface area contributed by atoms with Crippen LogP contribution in [0.1, 0.15) is 42.2 Å².